The van der Waals surface area contributed by atoms with E-state index >= 15 is 0 Å². The van der Waals surface area contributed by atoms with Crippen molar-refractivity contribution in [1.82, 2.24) is 0 Å². The molecule has 0 heterocycles. The van der Waals surface area contributed by atoms with Crippen LogP contribution in [0.25, 0.3) is 5.76 Å². The molecule has 0 saturated carbocycles. The van der Waals surface area contributed by atoms with Crippen LogP contribution in [0.4, 0.5) is 4.39 Å². The lowest BCUT2D eigenvalue weighted by atomic mass is 10.1. The monoisotopic (exact) mass is 194 g/mol. The van der Waals surface area contributed by atoms with Gasteiger partial charge in [-0.25, -0.2) is 4.39 Å². The number of unbranched alkanes of at least 4 members (excludes halogenated alkanes) is 1. The molecule has 1 nitrogen and oxygen atoms in total. The van der Waals surface area contributed by atoms with Crippen LogP contribution in [0.5, 0.6) is 0 Å². The SMILES string of the molecule is CCC/C=C(/O)c1ccc(F)cc1C. The Labute approximate surface area is 83.9 Å². The molecule has 0 spiro atoms. The third kappa shape index (κ3) is 2.59. The second kappa shape index (κ2) is 4.80. The quantitative estimate of drug-likeness (QED) is 0.725. The highest BCUT2D eigenvalue weighted by atomic mass is 19.1. The molecule has 1 aromatic carbocycles. The molecular formula is C12H15FO. The Balaban J connectivity index is 2.95. The van der Waals surface area contributed by atoms with Crippen molar-refractivity contribution in [2.45, 2.75) is 26.7 Å². The van der Waals surface area contributed by atoms with Crippen molar-refractivity contribution in [3.05, 3.63) is 41.2 Å². The molecule has 76 valence electrons. The first-order valence-corrected chi connectivity index (χ1v) is 4.80. The average Bonchev–Trinajstić information content (AvgIpc) is 2.14. The molecular weight excluding hydrogens is 179 g/mol. The van der Waals surface area contributed by atoms with Gasteiger partial charge in [0.25, 0.3) is 0 Å². The number of halogens is 1. The van der Waals surface area contributed by atoms with Gasteiger partial charge in [-0.1, -0.05) is 13.3 Å². The lowest BCUT2D eigenvalue weighted by Gasteiger charge is -2.04. The van der Waals surface area contributed by atoms with Crippen molar-refractivity contribution in [1.29, 1.82) is 0 Å². The highest BCUT2D eigenvalue weighted by molar-refractivity contribution is 5.61. The molecule has 0 atom stereocenters. The van der Waals surface area contributed by atoms with E-state index in [0.717, 1.165) is 18.4 Å². The summed E-state index contributed by atoms with van der Waals surface area (Å²) in [6, 6.07) is 4.38. The van der Waals surface area contributed by atoms with E-state index in [2.05, 4.69) is 0 Å². The minimum absolute atomic E-state index is 0.240. The van der Waals surface area contributed by atoms with Crippen LogP contribution in [-0.2, 0) is 0 Å². The van der Waals surface area contributed by atoms with E-state index in [4.69, 9.17) is 0 Å². The number of aryl methyl sites for hydroxylation is 1. The molecule has 0 unspecified atom stereocenters. The first-order chi connectivity index (χ1) is 6.65. The maximum absolute atomic E-state index is 12.8. The zero-order chi connectivity index (χ0) is 10.6. The fraction of sp³-hybridized carbons (Fsp3) is 0.333. The van der Waals surface area contributed by atoms with E-state index in [9.17, 15) is 9.50 Å². The van der Waals surface area contributed by atoms with E-state index < -0.39 is 0 Å². The fourth-order valence-corrected chi connectivity index (χ4v) is 1.31. The van der Waals surface area contributed by atoms with E-state index in [-0.39, 0.29) is 11.6 Å². The number of rotatable bonds is 3. The van der Waals surface area contributed by atoms with Crippen LogP contribution in [0.15, 0.2) is 24.3 Å². The van der Waals surface area contributed by atoms with E-state index in [1.54, 1.807) is 19.1 Å². The standard InChI is InChI=1S/C12H15FO/c1-3-4-5-12(14)11-7-6-10(13)8-9(11)2/h5-8,14H,3-4H2,1-2H3/b12-5+. The normalized spacial score (nSPS) is 11.8. The Morgan fingerprint density at radius 1 is 1.50 bits per heavy atom. The predicted molar refractivity (Wildman–Crippen MR) is 56.7 cm³/mol. The number of aliphatic hydroxyl groups excluding tert-OH is 1. The summed E-state index contributed by atoms with van der Waals surface area (Å²) in [7, 11) is 0. The summed E-state index contributed by atoms with van der Waals surface area (Å²) in [5.74, 6) is -0.0288. The van der Waals surface area contributed by atoms with Crippen LogP contribution in [-0.4, -0.2) is 5.11 Å². The molecule has 0 radical (unpaired) electrons. The molecule has 14 heavy (non-hydrogen) atoms. The van der Waals surface area contributed by atoms with Crippen molar-refractivity contribution in [2.75, 3.05) is 0 Å². The van der Waals surface area contributed by atoms with Crippen LogP contribution in [0.3, 0.4) is 0 Å². The Hall–Kier alpha value is -1.31. The van der Waals surface area contributed by atoms with Gasteiger partial charge in [-0.05, 0) is 43.2 Å². The van der Waals surface area contributed by atoms with Crippen LogP contribution < -0.4 is 0 Å². The molecule has 0 aliphatic rings. The van der Waals surface area contributed by atoms with Crippen molar-refractivity contribution in [2.24, 2.45) is 0 Å². The number of hydrogen-bond donors (Lipinski definition) is 1. The molecule has 0 bridgehead atoms. The molecule has 0 aliphatic heterocycles. The molecule has 1 rings (SSSR count). The van der Waals surface area contributed by atoms with Gasteiger partial charge in [0, 0.05) is 5.56 Å². The molecule has 2 heteroatoms. The van der Waals surface area contributed by atoms with Gasteiger partial charge in [-0.3, -0.25) is 0 Å². The van der Waals surface area contributed by atoms with Gasteiger partial charge in [0.05, 0.1) is 0 Å². The zero-order valence-corrected chi connectivity index (χ0v) is 8.55. The molecule has 0 amide bonds. The topological polar surface area (TPSA) is 20.2 Å². The van der Waals surface area contributed by atoms with E-state index in [0.29, 0.717) is 5.56 Å². The maximum Gasteiger partial charge on any atom is 0.123 e. The lowest BCUT2D eigenvalue weighted by molar-refractivity contribution is 0.508. The fourth-order valence-electron chi connectivity index (χ4n) is 1.31. The number of allylic oxidation sites excluding steroid dienone is 1. The molecule has 0 aromatic heterocycles. The average molecular weight is 194 g/mol. The van der Waals surface area contributed by atoms with Crippen molar-refractivity contribution in [3.8, 4) is 0 Å². The third-order valence-electron chi connectivity index (χ3n) is 2.09. The van der Waals surface area contributed by atoms with Gasteiger partial charge in [0.1, 0.15) is 11.6 Å². The van der Waals surface area contributed by atoms with Crippen LogP contribution in [0.2, 0.25) is 0 Å². The zero-order valence-electron chi connectivity index (χ0n) is 8.55. The second-order valence-electron chi connectivity index (χ2n) is 3.34. The third-order valence-corrected chi connectivity index (χ3v) is 2.09. The highest BCUT2D eigenvalue weighted by Crippen LogP contribution is 2.18. The highest BCUT2D eigenvalue weighted by Gasteiger charge is 2.03. The minimum atomic E-state index is -0.269. The van der Waals surface area contributed by atoms with Crippen molar-refractivity contribution in [3.63, 3.8) is 0 Å². The Morgan fingerprint density at radius 3 is 2.79 bits per heavy atom. The van der Waals surface area contributed by atoms with Crippen molar-refractivity contribution >= 4 is 5.76 Å². The summed E-state index contributed by atoms with van der Waals surface area (Å²) in [5.41, 5.74) is 1.47. The smallest absolute Gasteiger partial charge is 0.123 e. The Kier molecular flexibility index (Phi) is 3.69. The maximum atomic E-state index is 12.8. The number of aliphatic hydroxyl groups is 1. The molecule has 1 N–H and O–H groups in total. The lowest BCUT2D eigenvalue weighted by Crippen LogP contribution is -1.89. The Bertz CT molecular complexity index is 342. The van der Waals surface area contributed by atoms with Crippen LogP contribution in [0.1, 0.15) is 30.9 Å². The van der Waals surface area contributed by atoms with Gasteiger partial charge < -0.3 is 5.11 Å². The molecule has 1 aromatic rings. The Morgan fingerprint density at radius 2 is 2.21 bits per heavy atom. The predicted octanol–water partition coefficient (Wildman–Crippen LogP) is 3.83. The van der Waals surface area contributed by atoms with Gasteiger partial charge in [0.2, 0.25) is 0 Å². The van der Waals surface area contributed by atoms with Gasteiger partial charge in [-0.15, -0.1) is 0 Å². The summed E-state index contributed by atoms with van der Waals surface area (Å²) in [6.07, 6.45) is 3.59. The largest absolute Gasteiger partial charge is 0.508 e. The van der Waals surface area contributed by atoms with E-state index in [1.807, 2.05) is 6.92 Å². The summed E-state index contributed by atoms with van der Waals surface area (Å²) >= 11 is 0. The minimum Gasteiger partial charge on any atom is -0.508 e. The molecule has 0 fully saturated rings. The summed E-state index contributed by atoms with van der Waals surface area (Å²) in [4.78, 5) is 0. The van der Waals surface area contributed by atoms with Gasteiger partial charge in [-0.2, -0.15) is 0 Å². The van der Waals surface area contributed by atoms with Crippen LogP contribution >= 0.6 is 0 Å². The first-order valence-electron chi connectivity index (χ1n) is 4.80. The van der Waals surface area contributed by atoms with Gasteiger partial charge in [0.15, 0.2) is 0 Å². The van der Waals surface area contributed by atoms with Crippen molar-refractivity contribution < 1.29 is 9.50 Å². The molecule has 0 aliphatic carbocycles. The number of hydrogen-bond acceptors (Lipinski definition) is 1. The number of benzene rings is 1. The summed E-state index contributed by atoms with van der Waals surface area (Å²) in [5, 5.41) is 9.66. The van der Waals surface area contributed by atoms with Crippen LogP contribution in [0, 0.1) is 12.7 Å². The summed E-state index contributed by atoms with van der Waals surface area (Å²) < 4.78 is 12.8. The van der Waals surface area contributed by atoms with E-state index in [1.165, 1.54) is 12.1 Å². The first kappa shape index (κ1) is 10.8. The second-order valence-corrected chi connectivity index (χ2v) is 3.34. The summed E-state index contributed by atoms with van der Waals surface area (Å²) in [6.45, 7) is 3.83. The molecule has 0 saturated heterocycles. The van der Waals surface area contributed by atoms with Gasteiger partial charge >= 0.3 is 0 Å².